The largest absolute Gasteiger partial charge is 0.480 e. The first kappa shape index (κ1) is 17.5. The van der Waals surface area contributed by atoms with Crippen LogP contribution in [0.1, 0.15) is 25.0 Å². The first-order valence-corrected chi connectivity index (χ1v) is 7.96. The quantitative estimate of drug-likeness (QED) is 0.619. The Balaban J connectivity index is 1.86. The van der Waals surface area contributed by atoms with Gasteiger partial charge < -0.3 is 15.4 Å². The number of aromatic nitrogens is 1. The number of allylic oxidation sites excluding steroid dienone is 1. The van der Waals surface area contributed by atoms with Gasteiger partial charge in [-0.2, -0.15) is 0 Å². The molecule has 1 amide bonds. The van der Waals surface area contributed by atoms with E-state index in [0.717, 1.165) is 17.0 Å². The Bertz CT molecular complexity index is 692. The number of carbonyl (C=O) groups excluding carboxylic acids is 1. The summed E-state index contributed by atoms with van der Waals surface area (Å²) >= 11 is 0. The normalized spacial score (nSPS) is 11.7. The number of benzene rings is 1. The third-order valence-corrected chi connectivity index (χ3v) is 3.75. The second-order valence-corrected chi connectivity index (χ2v) is 5.59. The van der Waals surface area contributed by atoms with Gasteiger partial charge >= 0.3 is 5.97 Å². The molecular weight excluding hydrogens is 304 g/mol. The molecule has 0 fully saturated rings. The Morgan fingerprint density at radius 2 is 1.96 bits per heavy atom. The van der Waals surface area contributed by atoms with Crippen LogP contribution >= 0.6 is 0 Å². The molecular formula is C19H22N2O3. The fraction of sp³-hybridized carbons (Fsp3) is 0.263. The van der Waals surface area contributed by atoms with Crippen LogP contribution in [0, 0.1) is 0 Å². The van der Waals surface area contributed by atoms with E-state index < -0.39 is 12.0 Å². The number of amides is 1. The molecule has 5 heteroatoms. The van der Waals surface area contributed by atoms with E-state index in [0.29, 0.717) is 19.3 Å². The number of hydrogen-bond donors (Lipinski definition) is 3. The number of hydrogen-bond acceptors (Lipinski definition) is 2. The van der Waals surface area contributed by atoms with Gasteiger partial charge in [0.2, 0.25) is 5.91 Å². The van der Waals surface area contributed by atoms with Crippen molar-refractivity contribution in [2.45, 2.75) is 31.7 Å². The van der Waals surface area contributed by atoms with E-state index in [1.165, 1.54) is 0 Å². The SMILES string of the molecule is C=CCCC(NC(=O)CCc1ccc(-c2ccccc2)[nH]1)C(=O)O. The van der Waals surface area contributed by atoms with Gasteiger partial charge in [-0.25, -0.2) is 4.79 Å². The molecule has 0 aliphatic rings. The highest BCUT2D eigenvalue weighted by molar-refractivity contribution is 5.83. The van der Waals surface area contributed by atoms with E-state index in [-0.39, 0.29) is 12.3 Å². The van der Waals surface area contributed by atoms with E-state index in [9.17, 15) is 9.59 Å². The maximum atomic E-state index is 12.0. The number of aryl methyl sites for hydroxylation is 1. The van der Waals surface area contributed by atoms with Gasteiger partial charge in [0.25, 0.3) is 0 Å². The van der Waals surface area contributed by atoms with Crippen molar-refractivity contribution in [3.05, 3.63) is 60.8 Å². The van der Waals surface area contributed by atoms with Gasteiger partial charge in [0.05, 0.1) is 0 Å². The Morgan fingerprint density at radius 3 is 2.62 bits per heavy atom. The van der Waals surface area contributed by atoms with Gasteiger partial charge in [-0.1, -0.05) is 36.4 Å². The molecule has 1 aromatic heterocycles. The number of carbonyl (C=O) groups is 2. The molecule has 1 unspecified atom stereocenters. The molecule has 24 heavy (non-hydrogen) atoms. The summed E-state index contributed by atoms with van der Waals surface area (Å²) in [5, 5.41) is 11.7. The third-order valence-electron chi connectivity index (χ3n) is 3.75. The predicted molar refractivity (Wildman–Crippen MR) is 93.5 cm³/mol. The number of carboxylic acid groups (broad SMARTS) is 1. The van der Waals surface area contributed by atoms with Crippen molar-refractivity contribution >= 4 is 11.9 Å². The van der Waals surface area contributed by atoms with Crippen LogP contribution in [-0.2, 0) is 16.0 Å². The molecule has 0 bridgehead atoms. The molecule has 0 radical (unpaired) electrons. The highest BCUT2D eigenvalue weighted by Gasteiger charge is 2.18. The highest BCUT2D eigenvalue weighted by Crippen LogP contribution is 2.18. The van der Waals surface area contributed by atoms with Crippen molar-refractivity contribution in [2.75, 3.05) is 0 Å². The zero-order valence-electron chi connectivity index (χ0n) is 13.5. The minimum atomic E-state index is -1.02. The van der Waals surface area contributed by atoms with Crippen molar-refractivity contribution in [3.63, 3.8) is 0 Å². The number of rotatable bonds is 9. The minimum Gasteiger partial charge on any atom is -0.480 e. The number of H-pyrrole nitrogens is 1. The van der Waals surface area contributed by atoms with Crippen LogP contribution in [0.5, 0.6) is 0 Å². The van der Waals surface area contributed by atoms with Crippen LogP contribution < -0.4 is 5.32 Å². The minimum absolute atomic E-state index is 0.243. The lowest BCUT2D eigenvalue weighted by molar-refractivity contribution is -0.142. The number of carboxylic acids is 1. The van der Waals surface area contributed by atoms with Gasteiger partial charge in [0.15, 0.2) is 0 Å². The first-order chi connectivity index (χ1) is 11.6. The van der Waals surface area contributed by atoms with E-state index in [1.54, 1.807) is 6.08 Å². The Kier molecular flexibility index (Phi) is 6.37. The van der Waals surface area contributed by atoms with Crippen molar-refractivity contribution in [2.24, 2.45) is 0 Å². The zero-order valence-corrected chi connectivity index (χ0v) is 13.5. The van der Waals surface area contributed by atoms with Crippen LogP contribution in [0.25, 0.3) is 11.3 Å². The average Bonchev–Trinajstić information content (AvgIpc) is 3.06. The Labute approximate surface area is 141 Å². The fourth-order valence-electron chi connectivity index (χ4n) is 2.43. The maximum Gasteiger partial charge on any atom is 0.326 e. The molecule has 0 aliphatic heterocycles. The molecule has 3 N–H and O–H groups in total. The molecule has 1 atom stereocenters. The Morgan fingerprint density at radius 1 is 1.21 bits per heavy atom. The smallest absolute Gasteiger partial charge is 0.326 e. The van der Waals surface area contributed by atoms with Crippen LogP contribution in [0.3, 0.4) is 0 Å². The van der Waals surface area contributed by atoms with E-state index in [2.05, 4.69) is 16.9 Å². The van der Waals surface area contributed by atoms with Gasteiger partial charge in [0.1, 0.15) is 6.04 Å². The fourth-order valence-corrected chi connectivity index (χ4v) is 2.43. The van der Waals surface area contributed by atoms with E-state index in [4.69, 9.17) is 5.11 Å². The molecule has 2 aromatic rings. The molecule has 1 aromatic carbocycles. The summed E-state index contributed by atoms with van der Waals surface area (Å²) in [5.41, 5.74) is 3.03. The van der Waals surface area contributed by atoms with Gasteiger partial charge in [-0.3, -0.25) is 4.79 Å². The van der Waals surface area contributed by atoms with E-state index in [1.807, 2.05) is 42.5 Å². The van der Waals surface area contributed by atoms with Crippen LogP contribution in [-0.4, -0.2) is 28.0 Å². The number of aliphatic carboxylic acids is 1. The second kappa shape index (κ2) is 8.72. The van der Waals surface area contributed by atoms with E-state index >= 15 is 0 Å². The topological polar surface area (TPSA) is 82.2 Å². The summed E-state index contributed by atoms with van der Waals surface area (Å²) in [5.74, 6) is -1.28. The number of aromatic amines is 1. The molecule has 126 valence electrons. The summed E-state index contributed by atoms with van der Waals surface area (Å²) in [6, 6.07) is 13.0. The summed E-state index contributed by atoms with van der Waals surface area (Å²) in [6.07, 6.45) is 3.32. The van der Waals surface area contributed by atoms with Crippen molar-refractivity contribution in [1.29, 1.82) is 0 Å². The van der Waals surface area contributed by atoms with Crippen LogP contribution in [0.2, 0.25) is 0 Å². The van der Waals surface area contributed by atoms with Gasteiger partial charge in [0, 0.05) is 17.8 Å². The average molecular weight is 326 g/mol. The summed E-state index contributed by atoms with van der Waals surface area (Å²) in [4.78, 5) is 26.4. The molecule has 0 aliphatic carbocycles. The maximum absolute atomic E-state index is 12.0. The first-order valence-electron chi connectivity index (χ1n) is 7.96. The lowest BCUT2D eigenvalue weighted by Gasteiger charge is -2.13. The highest BCUT2D eigenvalue weighted by atomic mass is 16.4. The standard InChI is InChI=1S/C19H22N2O3/c1-2-3-9-17(19(23)24)21-18(22)13-11-15-10-12-16(20-15)14-7-5-4-6-8-14/h2,4-8,10,12,17,20H,1,3,9,11,13H2,(H,21,22)(H,23,24). The molecule has 5 nitrogen and oxygen atoms in total. The Hall–Kier alpha value is -2.82. The zero-order chi connectivity index (χ0) is 17.4. The lowest BCUT2D eigenvalue weighted by Crippen LogP contribution is -2.40. The lowest BCUT2D eigenvalue weighted by atomic mass is 10.1. The molecule has 1 heterocycles. The molecule has 0 saturated heterocycles. The van der Waals surface area contributed by atoms with Crippen molar-refractivity contribution in [3.8, 4) is 11.3 Å². The summed E-state index contributed by atoms with van der Waals surface area (Å²) in [6.45, 7) is 3.56. The van der Waals surface area contributed by atoms with Gasteiger partial charge in [-0.05, 0) is 37.0 Å². The predicted octanol–water partition coefficient (Wildman–Crippen LogP) is 3.15. The van der Waals surface area contributed by atoms with Crippen LogP contribution in [0.4, 0.5) is 0 Å². The summed E-state index contributed by atoms with van der Waals surface area (Å²) in [7, 11) is 0. The van der Waals surface area contributed by atoms with Gasteiger partial charge in [-0.15, -0.1) is 6.58 Å². The molecule has 0 saturated carbocycles. The van der Waals surface area contributed by atoms with Crippen molar-refractivity contribution < 1.29 is 14.7 Å². The summed E-state index contributed by atoms with van der Waals surface area (Å²) < 4.78 is 0. The molecule has 0 spiro atoms. The third kappa shape index (κ3) is 5.12. The molecule has 2 rings (SSSR count). The number of nitrogens with one attached hydrogen (secondary N) is 2. The van der Waals surface area contributed by atoms with Crippen molar-refractivity contribution in [1.82, 2.24) is 10.3 Å². The monoisotopic (exact) mass is 326 g/mol. The van der Waals surface area contributed by atoms with Crippen LogP contribution in [0.15, 0.2) is 55.1 Å². The second-order valence-electron chi connectivity index (χ2n) is 5.59.